The van der Waals surface area contributed by atoms with Crippen molar-refractivity contribution in [2.75, 3.05) is 11.4 Å². The third-order valence-electron chi connectivity index (χ3n) is 6.17. The highest BCUT2D eigenvalue weighted by Crippen LogP contribution is 2.45. The summed E-state index contributed by atoms with van der Waals surface area (Å²) in [5, 5.41) is 1.37. The van der Waals surface area contributed by atoms with Crippen LogP contribution in [0.25, 0.3) is 0 Å². The Bertz CT molecular complexity index is 1160. The van der Waals surface area contributed by atoms with Gasteiger partial charge in [0, 0.05) is 34.6 Å². The maximum absolute atomic E-state index is 6.71. The van der Waals surface area contributed by atoms with Crippen LogP contribution in [0, 0.1) is 0 Å². The Morgan fingerprint density at radius 2 is 1.82 bits per heavy atom. The zero-order valence-electron chi connectivity index (χ0n) is 19.6. The van der Waals surface area contributed by atoms with E-state index >= 15 is 0 Å². The number of halogens is 2. The highest BCUT2D eigenvalue weighted by Gasteiger charge is 2.36. The maximum Gasteiger partial charge on any atom is 0.128 e. The van der Waals surface area contributed by atoms with Crippen molar-refractivity contribution in [3.63, 3.8) is 0 Å². The van der Waals surface area contributed by atoms with Gasteiger partial charge in [0.1, 0.15) is 11.5 Å². The lowest BCUT2D eigenvalue weighted by atomic mass is 9.79. The molecule has 172 valence electrons. The fourth-order valence-electron chi connectivity index (χ4n) is 4.68. The highest BCUT2D eigenvalue weighted by atomic mass is 35.5. The van der Waals surface area contributed by atoms with Crippen molar-refractivity contribution in [2.24, 2.45) is 4.99 Å². The van der Waals surface area contributed by atoms with Crippen LogP contribution in [0.3, 0.4) is 0 Å². The summed E-state index contributed by atoms with van der Waals surface area (Å²) in [5.41, 5.74) is 4.50. The minimum atomic E-state index is 0.121. The molecule has 1 atom stereocenters. The van der Waals surface area contributed by atoms with Crippen LogP contribution in [0.2, 0.25) is 10.0 Å². The summed E-state index contributed by atoms with van der Waals surface area (Å²) >= 11 is 12.7. The normalized spacial score (nSPS) is 17.3. The first kappa shape index (κ1) is 23.7. The van der Waals surface area contributed by atoms with E-state index in [9.17, 15) is 0 Å². The van der Waals surface area contributed by atoms with Gasteiger partial charge in [0.05, 0.1) is 10.7 Å². The zero-order valence-corrected chi connectivity index (χ0v) is 21.1. The first-order valence-electron chi connectivity index (χ1n) is 11.5. The second kappa shape index (κ2) is 9.79. The molecule has 3 aromatic rings. The van der Waals surface area contributed by atoms with Crippen molar-refractivity contribution in [2.45, 2.75) is 52.0 Å². The van der Waals surface area contributed by atoms with E-state index in [1.54, 1.807) is 6.07 Å². The van der Waals surface area contributed by atoms with E-state index in [0.29, 0.717) is 16.7 Å². The van der Waals surface area contributed by atoms with Gasteiger partial charge in [-0.3, -0.25) is 4.99 Å². The van der Waals surface area contributed by atoms with Crippen LogP contribution >= 0.6 is 23.2 Å². The third kappa shape index (κ3) is 5.37. The molecular weight excluding hydrogens is 451 g/mol. The molecule has 0 amide bonds. The van der Waals surface area contributed by atoms with E-state index in [1.165, 1.54) is 11.3 Å². The maximum atomic E-state index is 6.71. The fraction of sp³-hybridized carbons (Fsp3) is 0.321. The van der Waals surface area contributed by atoms with E-state index in [2.05, 4.69) is 49.7 Å². The average molecular weight is 481 g/mol. The molecule has 0 radical (unpaired) electrons. The van der Waals surface area contributed by atoms with Gasteiger partial charge in [0.15, 0.2) is 0 Å². The molecule has 0 aliphatic carbocycles. The van der Waals surface area contributed by atoms with Crippen molar-refractivity contribution in [1.82, 2.24) is 0 Å². The van der Waals surface area contributed by atoms with Crippen LogP contribution in [-0.4, -0.2) is 18.3 Å². The quantitative estimate of drug-likeness (QED) is 0.328. The van der Waals surface area contributed by atoms with Gasteiger partial charge < -0.3 is 9.64 Å². The summed E-state index contributed by atoms with van der Waals surface area (Å²) in [5.74, 6) is 1.90. The second-order valence-corrected chi connectivity index (χ2v) is 10.2. The number of anilines is 1. The Labute approximate surface area is 207 Å². The Balaban J connectivity index is 1.54. The highest BCUT2D eigenvalue weighted by molar-refractivity contribution is 6.33. The van der Waals surface area contributed by atoms with Gasteiger partial charge in [-0.05, 0) is 92.8 Å². The first-order valence-corrected chi connectivity index (χ1v) is 12.2. The topological polar surface area (TPSA) is 24.8 Å². The van der Waals surface area contributed by atoms with Crippen molar-refractivity contribution >= 4 is 40.8 Å². The summed E-state index contributed by atoms with van der Waals surface area (Å²) in [6.45, 7) is 10.2. The molecule has 1 unspecified atom stereocenters. The fourth-order valence-corrected chi connectivity index (χ4v) is 5.06. The van der Waals surface area contributed by atoms with Crippen molar-refractivity contribution in [3.8, 4) is 11.5 Å². The van der Waals surface area contributed by atoms with Crippen molar-refractivity contribution in [1.29, 1.82) is 0 Å². The largest absolute Gasteiger partial charge is 0.457 e. The number of nitrogens with zero attached hydrogens (tertiary/aromatic N) is 2. The number of hydrogen-bond acceptors (Lipinski definition) is 3. The molecule has 5 heteroatoms. The summed E-state index contributed by atoms with van der Waals surface area (Å²) in [6.07, 6.45) is 4.08. The molecule has 3 aromatic carbocycles. The Kier molecular flexibility index (Phi) is 7.02. The van der Waals surface area contributed by atoms with E-state index in [0.717, 1.165) is 41.4 Å². The van der Waals surface area contributed by atoms with Gasteiger partial charge in [-0.2, -0.15) is 0 Å². The number of rotatable bonds is 6. The molecule has 0 N–H and O–H groups in total. The standard InChI is InChI=1S/C28H30Cl2N2O/c1-5-13-32-27-16-26(30)20(14-25(27)19(2)17-28(32,3)4)18-31-22-9-11-23(12-10-22)33-24-8-6-7-21(29)15-24/h6-12,14-16,18-19H,5,13,17H2,1-4H3. The number of benzene rings is 3. The number of aliphatic imine (C=N–C) groups is 1. The van der Waals surface area contributed by atoms with Gasteiger partial charge in [-0.1, -0.05) is 43.1 Å². The monoisotopic (exact) mass is 480 g/mol. The minimum absolute atomic E-state index is 0.121. The Morgan fingerprint density at radius 3 is 2.52 bits per heavy atom. The van der Waals surface area contributed by atoms with E-state index in [1.807, 2.05) is 48.7 Å². The van der Waals surface area contributed by atoms with Crippen LogP contribution in [0.15, 0.2) is 65.7 Å². The molecule has 0 aromatic heterocycles. The van der Waals surface area contributed by atoms with E-state index in [-0.39, 0.29) is 5.54 Å². The van der Waals surface area contributed by atoms with Gasteiger partial charge in [0.25, 0.3) is 0 Å². The van der Waals surface area contributed by atoms with E-state index in [4.69, 9.17) is 27.9 Å². The van der Waals surface area contributed by atoms with Gasteiger partial charge >= 0.3 is 0 Å². The molecule has 1 aliphatic heterocycles. The van der Waals surface area contributed by atoms with Crippen LogP contribution in [0.4, 0.5) is 11.4 Å². The summed E-state index contributed by atoms with van der Waals surface area (Å²) < 4.78 is 5.85. The second-order valence-electron chi connectivity index (χ2n) is 9.31. The Morgan fingerprint density at radius 1 is 1.06 bits per heavy atom. The van der Waals surface area contributed by atoms with Crippen LogP contribution in [0.5, 0.6) is 11.5 Å². The lowest BCUT2D eigenvalue weighted by molar-refractivity contribution is 0.376. The molecule has 0 saturated heterocycles. The first-order chi connectivity index (χ1) is 15.8. The number of hydrogen-bond donors (Lipinski definition) is 0. The van der Waals surface area contributed by atoms with Gasteiger partial charge in [0.2, 0.25) is 0 Å². The summed E-state index contributed by atoms with van der Waals surface area (Å²) in [7, 11) is 0. The van der Waals surface area contributed by atoms with Crippen molar-refractivity contribution < 1.29 is 4.74 Å². The number of ether oxygens (including phenoxy) is 1. The molecule has 4 rings (SSSR count). The van der Waals surface area contributed by atoms with Crippen LogP contribution in [0.1, 0.15) is 57.6 Å². The van der Waals surface area contributed by atoms with Crippen molar-refractivity contribution in [3.05, 3.63) is 81.8 Å². The summed E-state index contributed by atoms with van der Waals surface area (Å²) in [6, 6.07) is 19.3. The SMILES string of the molecule is CCCN1c2cc(Cl)c(C=Nc3ccc(Oc4cccc(Cl)c4)cc3)cc2C(C)CC1(C)C. The molecule has 0 fully saturated rings. The predicted octanol–water partition coefficient (Wildman–Crippen LogP) is 9.04. The average Bonchev–Trinajstić information content (AvgIpc) is 2.76. The molecule has 0 saturated carbocycles. The minimum Gasteiger partial charge on any atom is -0.457 e. The van der Waals surface area contributed by atoms with Crippen LogP contribution < -0.4 is 9.64 Å². The zero-order chi connectivity index (χ0) is 23.6. The molecular formula is C28H30Cl2N2O. The van der Waals surface area contributed by atoms with Crippen LogP contribution in [-0.2, 0) is 0 Å². The third-order valence-corrected chi connectivity index (χ3v) is 6.73. The Hall–Kier alpha value is -2.49. The lowest BCUT2D eigenvalue weighted by Crippen LogP contribution is -2.48. The number of fused-ring (bicyclic) bond motifs is 1. The van der Waals surface area contributed by atoms with E-state index < -0.39 is 0 Å². The molecule has 33 heavy (non-hydrogen) atoms. The van der Waals surface area contributed by atoms with Gasteiger partial charge in [-0.25, -0.2) is 0 Å². The lowest BCUT2D eigenvalue weighted by Gasteiger charge is -2.47. The molecule has 0 spiro atoms. The predicted molar refractivity (Wildman–Crippen MR) is 141 cm³/mol. The smallest absolute Gasteiger partial charge is 0.128 e. The summed E-state index contributed by atoms with van der Waals surface area (Å²) in [4.78, 5) is 7.17. The van der Waals surface area contributed by atoms with Gasteiger partial charge in [-0.15, -0.1) is 0 Å². The molecule has 0 bridgehead atoms. The molecule has 1 heterocycles. The molecule has 3 nitrogen and oxygen atoms in total. The molecule has 1 aliphatic rings.